The van der Waals surface area contributed by atoms with Crippen molar-refractivity contribution in [1.82, 2.24) is 0 Å². The van der Waals surface area contributed by atoms with Crippen LogP contribution in [-0.2, 0) is 4.79 Å². The molecule has 0 bridgehead atoms. The van der Waals surface area contributed by atoms with Gasteiger partial charge in [-0.3, -0.25) is 4.79 Å². The molecule has 1 N–H and O–H groups in total. The number of aryl methyl sites for hydroxylation is 1. The molecular formula is C20H23NO4S2. The predicted molar refractivity (Wildman–Crippen MR) is 113 cm³/mol. The minimum absolute atomic E-state index is 0.111. The molecule has 0 radical (unpaired) electrons. The molecule has 144 valence electrons. The van der Waals surface area contributed by atoms with Crippen molar-refractivity contribution in [2.75, 3.05) is 37.6 Å². The quantitative estimate of drug-likeness (QED) is 0.732. The summed E-state index contributed by atoms with van der Waals surface area (Å²) < 4.78 is 16.9. The Kier molecular flexibility index (Phi) is 6.79. The highest BCUT2D eigenvalue weighted by molar-refractivity contribution is 8.19. The molecule has 1 aliphatic heterocycles. The van der Waals surface area contributed by atoms with Crippen molar-refractivity contribution in [3.63, 3.8) is 0 Å². The first-order valence-corrected chi connectivity index (χ1v) is 10.7. The van der Waals surface area contributed by atoms with Gasteiger partial charge in [0.25, 0.3) is 5.91 Å². The Balaban J connectivity index is 1.64. The molecule has 0 saturated carbocycles. The van der Waals surface area contributed by atoms with Gasteiger partial charge >= 0.3 is 0 Å². The van der Waals surface area contributed by atoms with Crippen LogP contribution in [0.1, 0.15) is 15.7 Å². The Morgan fingerprint density at radius 1 is 1.04 bits per heavy atom. The third-order valence-corrected chi connectivity index (χ3v) is 7.17. The maximum Gasteiger partial charge on any atom is 0.262 e. The van der Waals surface area contributed by atoms with Gasteiger partial charge in [0.1, 0.15) is 5.75 Å². The fourth-order valence-electron chi connectivity index (χ4n) is 2.75. The van der Waals surface area contributed by atoms with Gasteiger partial charge in [-0.2, -0.15) is 0 Å². The number of rotatable bonds is 7. The number of methoxy groups -OCH3 is 2. The molecule has 7 heteroatoms. The van der Waals surface area contributed by atoms with Gasteiger partial charge in [-0.05, 0) is 42.3 Å². The lowest BCUT2D eigenvalue weighted by Crippen LogP contribution is -2.20. The normalized spacial score (nSPS) is 14.0. The van der Waals surface area contributed by atoms with Crippen LogP contribution >= 0.6 is 23.5 Å². The smallest absolute Gasteiger partial charge is 0.262 e. The standard InChI is InChI=1S/C20H23NO4S2/c1-13-4-6-16(23-2)15(10-13)21-19(22)12-25-17-7-5-14(11-18(17)24-3)20-26-8-9-27-20/h4-7,10-11,20H,8-9,12H2,1-3H3,(H,21,22). The Hall–Kier alpha value is -1.99. The van der Waals surface area contributed by atoms with Gasteiger partial charge < -0.3 is 19.5 Å². The molecule has 1 amide bonds. The van der Waals surface area contributed by atoms with Crippen molar-refractivity contribution >= 4 is 35.1 Å². The molecule has 5 nitrogen and oxygen atoms in total. The molecular weight excluding hydrogens is 382 g/mol. The van der Waals surface area contributed by atoms with E-state index in [-0.39, 0.29) is 12.5 Å². The molecule has 0 unspecified atom stereocenters. The maximum atomic E-state index is 12.3. The summed E-state index contributed by atoms with van der Waals surface area (Å²) in [6.45, 7) is 1.85. The van der Waals surface area contributed by atoms with E-state index in [1.54, 1.807) is 14.2 Å². The molecule has 27 heavy (non-hydrogen) atoms. The lowest BCUT2D eigenvalue weighted by Gasteiger charge is -2.15. The number of carbonyl (C=O) groups is 1. The molecule has 0 atom stereocenters. The highest BCUT2D eigenvalue weighted by Crippen LogP contribution is 2.46. The van der Waals surface area contributed by atoms with E-state index in [0.29, 0.717) is 27.5 Å². The summed E-state index contributed by atoms with van der Waals surface area (Å²) in [5.74, 6) is 3.88. The van der Waals surface area contributed by atoms with Crippen molar-refractivity contribution < 1.29 is 19.0 Å². The zero-order chi connectivity index (χ0) is 19.2. The molecule has 1 saturated heterocycles. The summed E-state index contributed by atoms with van der Waals surface area (Å²) in [7, 11) is 3.18. The van der Waals surface area contributed by atoms with Crippen LogP contribution in [0.5, 0.6) is 17.2 Å². The van der Waals surface area contributed by atoms with Crippen molar-refractivity contribution in [2.45, 2.75) is 11.5 Å². The SMILES string of the molecule is COc1ccc(C)cc1NC(=O)COc1ccc(C2SCCS2)cc1OC. The second kappa shape index (κ2) is 9.28. The summed E-state index contributed by atoms with van der Waals surface area (Å²) in [6, 6.07) is 11.5. The van der Waals surface area contributed by atoms with Crippen LogP contribution < -0.4 is 19.5 Å². The van der Waals surface area contributed by atoms with E-state index in [0.717, 1.165) is 5.56 Å². The monoisotopic (exact) mass is 405 g/mol. The molecule has 1 fully saturated rings. The van der Waals surface area contributed by atoms with Gasteiger partial charge in [-0.25, -0.2) is 0 Å². The topological polar surface area (TPSA) is 56.8 Å². The minimum Gasteiger partial charge on any atom is -0.495 e. The number of hydrogen-bond acceptors (Lipinski definition) is 6. The van der Waals surface area contributed by atoms with E-state index in [1.165, 1.54) is 17.1 Å². The Morgan fingerprint density at radius 2 is 1.74 bits per heavy atom. The first-order valence-electron chi connectivity index (χ1n) is 8.59. The number of amides is 1. The van der Waals surface area contributed by atoms with Gasteiger partial charge in [-0.1, -0.05) is 12.1 Å². The zero-order valence-electron chi connectivity index (χ0n) is 15.6. The maximum absolute atomic E-state index is 12.3. The molecule has 0 aromatic heterocycles. The molecule has 0 aliphatic carbocycles. The molecule has 2 aromatic carbocycles. The van der Waals surface area contributed by atoms with Gasteiger partial charge in [0.2, 0.25) is 0 Å². The zero-order valence-corrected chi connectivity index (χ0v) is 17.2. The number of thioether (sulfide) groups is 2. The number of hydrogen-bond donors (Lipinski definition) is 1. The van der Waals surface area contributed by atoms with Gasteiger partial charge in [0.15, 0.2) is 18.1 Å². The molecule has 1 aliphatic rings. The van der Waals surface area contributed by atoms with E-state index >= 15 is 0 Å². The first kappa shape index (κ1) is 19.8. The Bertz CT molecular complexity index is 807. The second-order valence-corrected chi connectivity index (χ2v) is 8.75. The number of ether oxygens (including phenoxy) is 3. The van der Waals surface area contributed by atoms with Crippen LogP contribution in [0.4, 0.5) is 5.69 Å². The highest BCUT2D eigenvalue weighted by atomic mass is 32.2. The van der Waals surface area contributed by atoms with E-state index in [2.05, 4.69) is 5.32 Å². The molecule has 3 rings (SSSR count). The van der Waals surface area contributed by atoms with Crippen LogP contribution in [0.2, 0.25) is 0 Å². The van der Waals surface area contributed by atoms with Crippen LogP contribution in [-0.4, -0.2) is 38.2 Å². The second-order valence-electron chi connectivity index (χ2n) is 6.02. The van der Waals surface area contributed by atoms with Crippen LogP contribution in [0.15, 0.2) is 36.4 Å². The number of nitrogens with one attached hydrogen (secondary N) is 1. The highest BCUT2D eigenvalue weighted by Gasteiger charge is 2.20. The first-order chi connectivity index (χ1) is 13.1. The third-order valence-electron chi connectivity index (χ3n) is 4.07. The fourth-order valence-corrected chi connectivity index (χ4v) is 5.59. The third kappa shape index (κ3) is 5.05. The lowest BCUT2D eigenvalue weighted by atomic mass is 10.2. The summed E-state index contributed by atoms with van der Waals surface area (Å²) in [4.78, 5) is 12.3. The number of anilines is 1. The van der Waals surface area contributed by atoms with Crippen molar-refractivity contribution in [3.05, 3.63) is 47.5 Å². The summed E-state index contributed by atoms with van der Waals surface area (Å²) in [5, 5.41) is 2.83. The van der Waals surface area contributed by atoms with E-state index in [4.69, 9.17) is 14.2 Å². The number of carbonyl (C=O) groups excluding carboxylic acids is 1. The van der Waals surface area contributed by atoms with Gasteiger partial charge in [0.05, 0.1) is 24.5 Å². The van der Waals surface area contributed by atoms with Crippen LogP contribution in [0, 0.1) is 6.92 Å². The average molecular weight is 406 g/mol. The van der Waals surface area contributed by atoms with Crippen molar-refractivity contribution in [1.29, 1.82) is 0 Å². The average Bonchev–Trinajstić information content (AvgIpc) is 3.21. The summed E-state index contributed by atoms with van der Waals surface area (Å²) in [5.41, 5.74) is 2.87. The minimum atomic E-state index is -0.257. The fraction of sp³-hybridized carbons (Fsp3) is 0.350. The predicted octanol–water partition coefficient (Wildman–Crippen LogP) is 4.51. The molecule has 2 aromatic rings. The Labute approximate surface area is 168 Å². The summed E-state index contributed by atoms with van der Waals surface area (Å²) in [6.07, 6.45) is 0. The van der Waals surface area contributed by atoms with Crippen LogP contribution in [0.3, 0.4) is 0 Å². The van der Waals surface area contributed by atoms with Gasteiger partial charge in [0, 0.05) is 11.5 Å². The van der Waals surface area contributed by atoms with E-state index in [9.17, 15) is 4.79 Å². The van der Waals surface area contributed by atoms with Gasteiger partial charge in [-0.15, -0.1) is 23.5 Å². The Morgan fingerprint density at radius 3 is 2.44 bits per heavy atom. The largest absolute Gasteiger partial charge is 0.495 e. The lowest BCUT2D eigenvalue weighted by molar-refractivity contribution is -0.118. The molecule has 1 heterocycles. The summed E-state index contributed by atoms with van der Waals surface area (Å²) >= 11 is 3.87. The van der Waals surface area contributed by atoms with E-state index in [1.807, 2.05) is 66.8 Å². The van der Waals surface area contributed by atoms with Crippen LogP contribution in [0.25, 0.3) is 0 Å². The number of benzene rings is 2. The van der Waals surface area contributed by atoms with E-state index < -0.39 is 0 Å². The van der Waals surface area contributed by atoms with Crippen molar-refractivity contribution in [3.8, 4) is 17.2 Å². The van der Waals surface area contributed by atoms with Crippen molar-refractivity contribution in [2.24, 2.45) is 0 Å². The molecule has 0 spiro atoms.